The Morgan fingerprint density at radius 1 is 0.939 bits per heavy atom. The molecule has 0 spiro atoms. The van der Waals surface area contributed by atoms with Gasteiger partial charge in [-0.1, -0.05) is 30.3 Å². The van der Waals surface area contributed by atoms with Gasteiger partial charge in [0.2, 0.25) is 17.7 Å². The minimum atomic E-state index is -1.22. The monoisotopic (exact) mass is 463 g/mol. The molecule has 0 bridgehead atoms. The van der Waals surface area contributed by atoms with Gasteiger partial charge in [-0.2, -0.15) is 0 Å². The molecule has 3 amide bonds. The summed E-state index contributed by atoms with van der Waals surface area (Å²) >= 11 is 0. The molecule has 182 valence electrons. The number of hydrogen-bond donors (Lipinski definition) is 7. The van der Waals surface area contributed by atoms with E-state index in [1.807, 2.05) is 6.07 Å². The normalized spacial score (nSPS) is 14.2. The summed E-state index contributed by atoms with van der Waals surface area (Å²) in [6, 6.07) is 4.93. The van der Waals surface area contributed by atoms with Gasteiger partial charge in [0.1, 0.15) is 18.1 Å². The predicted octanol–water partition coefficient (Wildman–Crippen LogP) is -1.81. The zero-order chi connectivity index (χ0) is 25.0. The smallest absolute Gasteiger partial charge is 0.325 e. The molecule has 4 unspecified atom stereocenters. The van der Waals surface area contributed by atoms with E-state index in [1.165, 1.54) is 13.8 Å². The van der Waals surface area contributed by atoms with Crippen molar-refractivity contribution in [3.8, 4) is 0 Å². The van der Waals surface area contributed by atoms with Crippen LogP contribution in [0.4, 0.5) is 0 Å². The number of nitrogens with zero attached hydrogens (tertiary/aromatic N) is 1. The molecule has 0 aliphatic rings. The Kier molecular flexibility index (Phi) is 11.3. The van der Waals surface area contributed by atoms with E-state index in [9.17, 15) is 19.2 Å². The number of aliphatic carboxylic acids is 1. The first-order chi connectivity index (χ1) is 15.5. The number of rotatable bonds is 13. The van der Waals surface area contributed by atoms with Crippen LogP contribution < -0.4 is 33.2 Å². The van der Waals surface area contributed by atoms with Crippen LogP contribution in [0.2, 0.25) is 0 Å². The topological polar surface area (TPSA) is 215 Å². The van der Waals surface area contributed by atoms with Crippen LogP contribution in [0.15, 0.2) is 35.3 Å². The summed E-state index contributed by atoms with van der Waals surface area (Å²) in [5.74, 6) is -3.15. The average molecular weight is 464 g/mol. The lowest BCUT2D eigenvalue weighted by atomic mass is 10.0. The summed E-state index contributed by atoms with van der Waals surface area (Å²) in [5.41, 5.74) is 17.0. The number of nitrogens with two attached hydrogens (primary N) is 3. The minimum Gasteiger partial charge on any atom is -0.480 e. The summed E-state index contributed by atoms with van der Waals surface area (Å²) in [6.45, 7) is 3.00. The van der Waals surface area contributed by atoms with Gasteiger partial charge < -0.3 is 38.3 Å². The third-order valence-corrected chi connectivity index (χ3v) is 4.64. The predicted molar refractivity (Wildman–Crippen MR) is 123 cm³/mol. The van der Waals surface area contributed by atoms with Crippen LogP contribution in [-0.2, 0) is 25.6 Å². The number of carbonyl (C=O) groups is 4. The van der Waals surface area contributed by atoms with Crippen molar-refractivity contribution in [2.45, 2.75) is 57.3 Å². The minimum absolute atomic E-state index is 0.110. The lowest BCUT2D eigenvalue weighted by molar-refractivity contribution is -0.141. The third-order valence-electron chi connectivity index (χ3n) is 4.64. The first-order valence-corrected chi connectivity index (χ1v) is 10.5. The van der Waals surface area contributed by atoms with Crippen LogP contribution in [0.1, 0.15) is 32.3 Å². The van der Waals surface area contributed by atoms with Crippen LogP contribution in [0.5, 0.6) is 0 Å². The second kappa shape index (κ2) is 13.7. The van der Waals surface area contributed by atoms with E-state index in [4.69, 9.17) is 22.3 Å². The maximum atomic E-state index is 13.1. The lowest BCUT2D eigenvalue weighted by Gasteiger charge is -2.24. The molecule has 0 radical (unpaired) electrons. The first kappa shape index (κ1) is 27.4. The number of hydrogen-bond acceptors (Lipinski definition) is 6. The highest BCUT2D eigenvalue weighted by atomic mass is 16.4. The molecule has 1 aromatic rings. The highest BCUT2D eigenvalue weighted by Crippen LogP contribution is 2.06. The molecule has 12 nitrogen and oxygen atoms in total. The molecule has 0 heterocycles. The Bertz CT molecular complexity index is 841. The van der Waals surface area contributed by atoms with E-state index in [0.717, 1.165) is 5.56 Å². The number of nitrogens with one attached hydrogen (secondary N) is 3. The first-order valence-electron chi connectivity index (χ1n) is 10.5. The van der Waals surface area contributed by atoms with Crippen LogP contribution in [0.25, 0.3) is 0 Å². The SMILES string of the molecule is CC(N)C(=O)NC(Cc1ccccc1)C(=O)NC(CCCN=C(N)N)C(=O)NC(C)C(=O)O. The lowest BCUT2D eigenvalue weighted by Crippen LogP contribution is -2.57. The molecule has 1 aromatic carbocycles. The van der Waals surface area contributed by atoms with Gasteiger partial charge in [-0.25, -0.2) is 0 Å². The highest BCUT2D eigenvalue weighted by Gasteiger charge is 2.28. The molecule has 10 N–H and O–H groups in total. The average Bonchev–Trinajstić information content (AvgIpc) is 2.75. The fourth-order valence-corrected chi connectivity index (χ4v) is 2.78. The van der Waals surface area contributed by atoms with Gasteiger partial charge in [0.05, 0.1) is 6.04 Å². The Morgan fingerprint density at radius 2 is 1.52 bits per heavy atom. The van der Waals surface area contributed by atoms with E-state index < -0.39 is 47.9 Å². The molecular weight excluding hydrogens is 430 g/mol. The van der Waals surface area contributed by atoms with Gasteiger partial charge in [-0.15, -0.1) is 0 Å². The number of aliphatic imine (C=N–C) groups is 1. The quantitative estimate of drug-likeness (QED) is 0.100. The van der Waals surface area contributed by atoms with Crippen molar-refractivity contribution in [2.75, 3.05) is 6.54 Å². The second-order valence-corrected chi connectivity index (χ2v) is 7.62. The highest BCUT2D eigenvalue weighted by molar-refractivity contribution is 5.94. The summed E-state index contributed by atoms with van der Waals surface area (Å²) in [5, 5.41) is 16.6. The fourth-order valence-electron chi connectivity index (χ4n) is 2.78. The van der Waals surface area contributed by atoms with Crippen molar-refractivity contribution in [1.29, 1.82) is 0 Å². The van der Waals surface area contributed by atoms with Gasteiger partial charge in [0.25, 0.3) is 0 Å². The molecule has 0 aromatic heterocycles. The number of carboxylic acids is 1. The fraction of sp³-hybridized carbons (Fsp3) is 0.476. The molecule has 0 aliphatic heterocycles. The number of guanidine groups is 1. The van der Waals surface area contributed by atoms with Gasteiger partial charge >= 0.3 is 5.97 Å². The van der Waals surface area contributed by atoms with Crippen LogP contribution in [0.3, 0.4) is 0 Å². The van der Waals surface area contributed by atoms with E-state index in [2.05, 4.69) is 20.9 Å². The summed E-state index contributed by atoms with van der Waals surface area (Å²) < 4.78 is 0. The zero-order valence-corrected chi connectivity index (χ0v) is 18.8. The summed E-state index contributed by atoms with van der Waals surface area (Å²) in [6.07, 6.45) is 0.645. The largest absolute Gasteiger partial charge is 0.480 e. The van der Waals surface area contributed by atoms with Crippen molar-refractivity contribution < 1.29 is 24.3 Å². The van der Waals surface area contributed by atoms with Crippen molar-refractivity contribution >= 4 is 29.7 Å². The number of benzene rings is 1. The number of amides is 3. The zero-order valence-electron chi connectivity index (χ0n) is 18.8. The molecule has 0 fully saturated rings. The molecular formula is C21H33N7O5. The van der Waals surface area contributed by atoms with Crippen LogP contribution >= 0.6 is 0 Å². The van der Waals surface area contributed by atoms with E-state index in [-0.39, 0.29) is 25.3 Å². The number of carboxylic acid groups (broad SMARTS) is 1. The molecule has 4 atom stereocenters. The number of carbonyl (C=O) groups excluding carboxylic acids is 3. The van der Waals surface area contributed by atoms with E-state index in [1.54, 1.807) is 24.3 Å². The van der Waals surface area contributed by atoms with Crippen LogP contribution in [0, 0.1) is 0 Å². The van der Waals surface area contributed by atoms with Crippen molar-refractivity contribution in [3.63, 3.8) is 0 Å². The van der Waals surface area contributed by atoms with Crippen molar-refractivity contribution in [1.82, 2.24) is 16.0 Å². The summed E-state index contributed by atoms with van der Waals surface area (Å²) in [7, 11) is 0. The maximum Gasteiger partial charge on any atom is 0.325 e. The van der Waals surface area contributed by atoms with Gasteiger partial charge in [0.15, 0.2) is 5.96 Å². The van der Waals surface area contributed by atoms with Crippen LogP contribution in [-0.4, -0.2) is 65.5 Å². The van der Waals surface area contributed by atoms with Gasteiger partial charge in [0, 0.05) is 13.0 Å². The van der Waals surface area contributed by atoms with Gasteiger partial charge in [-0.05, 0) is 32.3 Å². The van der Waals surface area contributed by atoms with E-state index >= 15 is 0 Å². The molecule has 0 saturated carbocycles. The molecule has 0 aliphatic carbocycles. The molecule has 33 heavy (non-hydrogen) atoms. The molecule has 0 saturated heterocycles. The Morgan fingerprint density at radius 3 is 2.06 bits per heavy atom. The van der Waals surface area contributed by atoms with Crippen molar-refractivity contribution in [2.24, 2.45) is 22.2 Å². The Balaban J connectivity index is 3.01. The third kappa shape index (κ3) is 10.5. The summed E-state index contributed by atoms with van der Waals surface area (Å²) in [4.78, 5) is 52.8. The maximum absolute atomic E-state index is 13.1. The van der Waals surface area contributed by atoms with E-state index in [0.29, 0.717) is 6.42 Å². The molecule has 1 rings (SSSR count). The van der Waals surface area contributed by atoms with Gasteiger partial charge in [-0.3, -0.25) is 24.2 Å². The van der Waals surface area contributed by atoms with Crippen molar-refractivity contribution in [3.05, 3.63) is 35.9 Å². The molecule has 12 heteroatoms. The second-order valence-electron chi connectivity index (χ2n) is 7.62. The standard InChI is InChI=1S/C21H33N7O5/c1-12(22)17(29)28-16(11-14-7-4-3-5-8-14)19(31)27-15(9-6-10-25-21(23)24)18(30)26-13(2)20(32)33/h3-5,7-8,12-13,15-16H,6,9-11,22H2,1-2H3,(H,26,30)(H,27,31)(H,28,29)(H,32,33)(H4,23,24,25). The Hall–Kier alpha value is -3.67. The Labute approximate surface area is 192 Å².